The molecule has 10 heteroatoms. The second kappa shape index (κ2) is 12.2. The lowest BCUT2D eigenvalue weighted by Crippen LogP contribution is -2.36. The fourth-order valence-electron chi connectivity index (χ4n) is 4.92. The number of carbonyl (C=O) groups excluding carboxylic acids is 2. The Morgan fingerprint density at radius 3 is 2.67 bits per heavy atom. The Kier molecular flexibility index (Phi) is 8.82. The molecule has 1 unspecified atom stereocenters. The Morgan fingerprint density at radius 1 is 1.17 bits per heavy atom. The van der Waals surface area contributed by atoms with Gasteiger partial charge in [0.05, 0.1) is 4.88 Å². The highest BCUT2D eigenvalue weighted by atomic mass is 32.1. The van der Waals surface area contributed by atoms with Crippen molar-refractivity contribution in [1.29, 1.82) is 0 Å². The summed E-state index contributed by atoms with van der Waals surface area (Å²) in [7, 11) is 4.09. The van der Waals surface area contributed by atoms with Crippen molar-refractivity contribution in [2.45, 2.75) is 38.1 Å². The molecule has 3 aromatic rings. The number of benzene rings is 1. The Hall–Kier alpha value is -3.11. The Morgan fingerprint density at radius 2 is 1.97 bits per heavy atom. The highest BCUT2D eigenvalue weighted by molar-refractivity contribution is 7.13. The molecule has 192 valence electrons. The van der Waals surface area contributed by atoms with Gasteiger partial charge in [-0.05, 0) is 80.8 Å². The maximum Gasteiger partial charge on any atom is 0.316 e. The van der Waals surface area contributed by atoms with Gasteiger partial charge in [0.25, 0.3) is 0 Å². The SMILES string of the molecule is CN(C)C(c1cccc(F)c1)C1CCC(CNC(=O)CCNC(=O)c2nc(-c3cccs3)no2)CC1. The summed E-state index contributed by atoms with van der Waals surface area (Å²) in [5, 5.41) is 11.4. The number of hydrogen-bond donors (Lipinski definition) is 2. The largest absolute Gasteiger partial charge is 0.356 e. The smallest absolute Gasteiger partial charge is 0.316 e. The lowest BCUT2D eigenvalue weighted by molar-refractivity contribution is -0.121. The highest BCUT2D eigenvalue weighted by Crippen LogP contribution is 2.39. The van der Waals surface area contributed by atoms with Crippen molar-refractivity contribution in [3.63, 3.8) is 0 Å². The molecule has 1 atom stereocenters. The second-order valence-electron chi connectivity index (χ2n) is 9.45. The lowest BCUT2D eigenvalue weighted by Gasteiger charge is -2.37. The van der Waals surface area contributed by atoms with Crippen molar-refractivity contribution < 1.29 is 18.5 Å². The fraction of sp³-hybridized carbons (Fsp3) is 0.462. The molecule has 1 aliphatic carbocycles. The molecule has 2 aromatic heterocycles. The number of nitrogens with one attached hydrogen (secondary N) is 2. The topological polar surface area (TPSA) is 100 Å². The minimum Gasteiger partial charge on any atom is -0.356 e. The van der Waals surface area contributed by atoms with E-state index in [4.69, 9.17) is 4.52 Å². The van der Waals surface area contributed by atoms with Crippen molar-refractivity contribution in [1.82, 2.24) is 25.7 Å². The maximum absolute atomic E-state index is 13.8. The Labute approximate surface area is 214 Å². The van der Waals surface area contributed by atoms with Crippen LogP contribution in [-0.2, 0) is 4.79 Å². The average molecular weight is 514 g/mol. The van der Waals surface area contributed by atoms with Gasteiger partial charge in [0.2, 0.25) is 11.7 Å². The van der Waals surface area contributed by atoms with Crippen LogP contribution in [-0.4, -0.2) is 54.0 Å². The summed E-state index contributed by atoms with van der Waals surface area (Å²) in [4.78, 5) is 31.6. The molecule has 0 aliphatic heterocycles. The summed E-state index contributed by atoms with van der Waals surface area (Å²) in [5.74, 6) is 0.323. The van der Waals surface area contributed by atoms with Gasteiger partial charge in [-0.3, -0.25) is 9.59 Å². The molecular formula is C26H32FN5O3S. The van der Waals surface area contributed by atoms with Crippen LogP contribution in [0.1, 0.15) is 54.4 Å². The minimum absolute atomic E-state index is 0.104. The van der Waals surface area contributed by atoms with Gasteiger partial charge < -0.3 is 20.1 Å². The number of thiophene rings is 1. The molecule has 36 heavy (non-hydrogen) atoms. The van der Waals surface area contributed by atoms with Crippen molar-refractivity contribution in [2.75, 3.05) is 27.2 Å². The van der Waals surface area contributed by atoms with Gasteiger partial charge >= 0.3 is 11.8 Å². The van der Waals surface area contributed by atoms with Gasteiger partial charge in [-0.25, -0.2) is 4.39 Å². The van der Waals surface area contributed by atoms with E-state index in [2.05, 4.69) is 25.7 Å². The molecule has 2 N–H and O–H groups in total. The zero-order valence-electron chi connectivity index (χ0n) is 20.6. The third kappa shape index (κ3) is 6.76. The maximum atomic E-state index is 13.8. The number of hydrogen-bond acceptors (Lipinski definition) is 7. The van der Waals surface area contributed by atoms with E-state index >= 15 is 0 Å². The van der Waals surface area contributed by atoms with Crippen LogP contribution >= 0.6 is 11.3 Å². The van der Waals surface area contributed by atoms with Crippen LogP contribution in [0.5, 0.6) is 0 Å². The number of carbonyl (C=O) groups is 2. The highest BCUT2D eigenvalue weighted by Gasteiger charge is 2.30. The third-order valence-corrected chi connectivity index (χ3v) is 7.54. The van der Waals surface area contributed by atoms with Gasteiger partial charge in [-0.15, -0.1) is 11.3 Å². The van der Waals surface area contributed by atoms with Crippen LogP contribution < -0.4 is 10.6 Å². The van der Waals surface area contributed by atoms with Crippen LogP contribution in [0, 0.1) is 17.7 Å². The molecule has 1 saturated carbocycles. The predicted molar refractivity (Wildman–Crippen MR) is 136 cm³/mol. The van der Waals surface area contributed by atoms with E-state index in [1.54, 1.807) is 12.1 Å². The monoisotopic (exact) mass is 513 g/mol. The number of rotatable bonds is 10. The zero-order chi connectivity index (χ0) is 25.5. The quantitative estimate of drug-likeness (QED) is 0.420. The summed E-state index contributed by atoms with van der Waals surface area (Å²) >= 11 is 1.46. The van der Waals surface area contributed by atoms with Gasteiger partial charge in [0.15, 0.2) is 0 Å². The molecule has 1 aliphatic rings. The molecular weight excluding hydrogens is 481 g/mol. The molecule has 8 nitrogen and oxygen atoms in total. The van der Waals surface area contributed by atoms with E-state index in [1.165, 1.54) is 17.4 Å². The first-order chi connectivity index (χ1) is 17.4. The van der Waals surface area contributed by atoms with Crippen molar-refractivity contribution in [3.05, 3.63) is 59.0 Å². The van der Waals surface area contributed by atoms with E-state index in [9.17, 15) is 14.0 Å². The molecule has 1 fully saturated rings. The van der Waals surface area contributed by atoms with E-state index in [0.717, 1.165) is 36.1 Å². The van der Waals surface area contributed by atoms with Gasteiger partial charge in [0, 0.05) is 25.6 Å². The lowest BCUT2D eigenvalue weighted by atomic mass is 9.76. The van der Waals surface area contributed by atoms with E-state index in [1.807, 2.05) is 37.7 Å². The number of amides is 2. The summed E-state index contributed by atoms with van der Waals surface area (Å²) in [6.07, 6.45) is 4.28. The molecule has 0 radical (unpaired) electrons. The van der Waals surface area contributed by atoms with Crippen LogP contribution in [0.15, 0.2) is 46.3 Å². The summed E-state index contributed by atoms with van der Waals surface area (Å²) in [6, 6.07) is 10.8. The molecule has 2 amide bonds. The Bertz CT molecular complexity index is 1140. The molecule has 2 heterocycles. The first-order valence-corrected chi connectivity index (χ1v) is 13.1. The first kappa shape index (κ1) is 26.0. The van der Waals surface area contributed by atoms with Gasteiger partial charge in [-0.2, -0.15) is 4.98 Å². The van der Waals surface area contributed by atoms with Crippen LogP contribution in [0.3, 0.4) is 0 Å². The van der Waals surface area contributed by atoms with Crippen LogP contribution in [0.25, 0.3) is 10.7 Å². The van der Waals surface area contributed by atoms with Crippen LogP contribution in [0.2, 0.25) is 0 Å². The first-order valence-electron chi connectivity index (χ1n) is 12.2. The van der Waals surface area contributed by atoms with E-state index < -0.39 is 5.91 Å². The number of aromatic nitrogens is 2. The standard InChI is InChI=1S/C26H32FN5O3S/c1-32(2)23(19-5-3-6-20(27)15-19)18-10-8-17(9-11-18)16-29-22(33)12-13-28-25(34)26-30-24(31-35-26)21-7-4-14-36-21/h3-7,14-15,17-18,23H,8-13,16H2,1-2H3,(H,28,34)(H,29,33). The minimum atomic E-state index is -0.495. The van der Waals surface area contributed by atoms with Crippen molar-refractivity contribution in [3.8, 4) is 10.7 Å². The van der Waals surface area contributed by atoms with E-state index in [0.29, 0.717) is 24.2 Å². The molecule has 4 rings (SSSR count). The third-order valence-electron chi connectivity index (χ3n) is 6.67. The second-order valence-corrected chi connectivity index (χ2v) is 10.4. The van der Waals surface area contributed by atoms with Crippen LogP contribution in [0.4, 0.5) is 4.39 Å². The van der Waals surface area contributed by atoms with Gasteiger partial charge in [0.1, 0.15) is 5.82 Å². The number of nitrogens with zero attached hydrogens (tertiary/aromatic N) is 3. The Balaban J connectivity index is 1.16. The van der Waals surface area contributed by atoms with E-state index in [-0.39, 0.29) is 36.6 Å². The molecule has 0 spiro atoms. The summed E-state index contributed by atoms with van der Waals surface area (Å²) in [5.41, 5.74) is 1.02. The van der Waals surface area contributed by atoms with Gasteiger partial charge in [-0.1, -0.05) is 23.4 Å². The van der Waals surface area contributed by atoms with Crippen molar-refractivity contribution >= 4 is 23.2 Å². The molecule has 0 bridgehead atoms. The predicted octanol–water partition coefficient (Wildman–Crippen LogP) is 4.28. The summed E-state index contributed by atoms with van der Waals surface area (Å²) in [6.45, 7) is 0.812. The molecule has 1 aromatic carbocycles. The van der Waals surface area contributed by atoms with Crippen molar-refractivity contribution in [2.24, 2.45) is 11.8 Å². The number of halogens is 1. The molecule has 0 saturated heterocycles. The zero-order valence-corrected chi connectivity index (χ0v) is 21.4. The average Bonchev–Trinajstić information content (AvgIpc) is 3.56. The fourth-order valence-corrected chi connectivity index (χ4v) is 5.57. The summed E-state index contributed by atoms with van der Waals surface area (Å²) < 4.78 is 18.8. The normalized spacial score (nSPS) is 18.7.